The largest absolute Gasteiger partial charge is 0.353 e. The zero-order chi connectivity index (χ0) is 18.4. The van der Waals surface area contributed by atoms with Crippen molar-refractivity contribution in [1.29, 1.82) is 0 Å². The second-order valence-corrected chi connectivity index (χ2v) is 5.67. The van der Waals surface area contributed by atoms with Gasteiger partial charge < -0.3 is 10.6 Å². The van der Waals surface area contributed by atoms with E-state index >= 15 is 0 Å². The fraction of sp³-hybridized carbons (Fsp3) is 0.100. The zero-order valence-electron chi connectivity index (χ0n) is 13.9. The highest BCUT2D eigenvalue weighted by Gasteiger charge is 2.09. The minimum absolute atomic E-state index is 0.227. The van der Waals surface area contributed by atoms with Crippen molar-refractivity contribution < 1.29 is 13.6 Å². The van der Waals surface area contributed by atoms with Gasteiger partial charge in [0.25, 0.3) is 5.91 Å². The van der Waals surface area contributed by atoms with Crippen LogP contribution in [0.5, 0.6) is 0 Å². The Morgan fingerprint density at radius 1 is 1.00 bits per heavy atom. The van der Waals surface area contributed by atoms with Gasteiger partial charge in [0, 0.05) is 18.4 Å². The number of amides is 1. The predicted octanol–water partition coefficient (Wildman–Crippen LogP) is 4.08. The predicted molar refractivity (Wildman–Crippen MR) is 96.4 cm³/mol. The maximum absolute atomic E-state index is 13.7. The Balaban J connectivity index is 1.59. The van der Waals surface area contributed by atoms with Crippen LogP contribution in [0.1, 0.15) is 16.1 Å². The van der Waals surface area contributed by atoms with Crippen molar-refractivity contribution in [2.24, 2.45) is 0 Å². The number of rotatable bonds is 6. The van der Waals surface area contributed by atoms with Gasteiger partial charge in [-0.05, 0) is 48.4 Å². The van der Waals surface area contributed by atoms with Crippen LogP contribution in [0.15, 0.2) is 66.9 Å². The number of benzene rings is 2. The van der Waals surface area contributed by atoms with Crippen molar-refractivity contribution in [3.05, 3.63) is 89.8 Å². The fourth-order valence-electron chi connectivity index (χ4n) is 2.41. The number of aromatic nitrogens is 1. The molecule has 0 radical (unpaired) electrons. The van der Waals surface area contributed by atoms with Gasteiger partial charge in [-0.1, -0.05) is 24.3 Å². The van der Waals surface area contributed by atoms with Gasteiger partial charge in [0.05, 0.1) is 5.69 Å². The first-order chi connectivity index (χ1) is 12.6. The van der Waals surface area contributed by atoms with Crippen molar-refractivity contribution in [2.75, 3.05) is 11.9 Å². The normalized spacial score (nSPS) is 10.4. The number of nitrogens with zero attached hydrogens (tertiary/aromatic N) is 1. The number of carbonyl (C=O) groups is 1. The van der Waals surface area contributed by atoms with E-state index in [0.717, 1.165) is 5.56 Å². The fourth-order valence-corrected chi connectivity index (χ4v) is 2.41. The molecule has 26 heavy (non-hydrogen) atoms. The topological polar surface area (TPSA) is 54.0 Å². The number of hydrogen-bond acceptors (Lipinski definition) is 3. The van der Waals surface area contributed by atoms with E-state index in [9.17, 15) is 13.6 Å². The summed E-state index contributed by atoms with van der Waals surface area (Å²) in [5.74, 6) is -1.000. The van der Waals surface area contributed by atoms with Crippen LogP contribution in [0.3, 0.4) is 0 Å². The highest BCUT2D eigenvalue weighted by molar-refractivity contribution is 5.93. The number of para-hydroxylation sites is 1. The van der Waals surface area contributed by atoms with Gasteiger partial charge in [-0.2, -0.15) is 0 Å². The molecule has 132 valence electrons. The van der Waals surface area contributed by atoms with E-state index in [1.807, 2.05) is 0 Å². The van der Waals surface area contributed by atoms with Crippen molar-refractivity contribution >= 4 is 17.3 Å². The molecular formula is C20H17F2N3O. The molecule has 0 atom stereocenters. The molecule has 0 bridgehead atoms. The Kier molecular flexibility index (Phi) is 5.53. The Morgan fingerprint density at radius 2 is 1.77 bits per heavy atom. The summed E-state index contributed by atoms with van der Waals surface area (Å²) >= 11 is 0. The van der Waals surface area contributed by atoms with Crippen LogP contribution in [-0.2, 0) is 6.42 Å². The minimum atomic E-state index is -0.380. The molecule has 0 aliphatic carbocycles. The van der Waals surface area contributed by atoms with E-state index in [4.69, 9.17) is 0 Å². The van der Waals surface area contributed by atoms with E-state index in [0.29, 0.717) is 24.3 Å². The number of hydrogen-bond donors (Lipinski definition) is 2. The molecule has 0 fully saturated rings. The quantitative estimate of drug-likeness (QED) is 0.702. The van der Waals surface area contributed by atoms with Gasteiger partial charge in [-0.25, -0.2) is 8.78 Å². The SMILES string of the molecule is O=C(NCCc1ccc(F)cc1)c1cc(Nc2ccccc2F)ccn1. The van der Waals surface area contributed by atoms with Crippen LogP contribution < -0.4 is 10.6 Å². The third kappa shape index (κ3) is 4.63. The molecule has 0 spiro atoms. The van der Waals surface area contributed by atoms with Gasteiger partial charge in [0.15, 0.2) is 0 Å². The summed E-state index contributed by atoms with van der Waals surface area (Å²) in [5, 5.41) is 5.69. The lowest BCUT2D eigenvalue weighted by molar-refractivity contribution is 0.0949. The molecule has 1 aromatic heterocycles. The maximum atomic E-state index is 13.7. The molecule has 0 aliphatic rings. The lowest BCUT2D eigenvalue weighted by Gasteiger charge is -2.09. The molecule has 0 saturated carbocycles. The lowest BCUT2D eigenvalue weighted by Crippen LogP contribution is -2.26. The van der Waals surface area contributed by atoms with Crippen molar-refractivity contribution in [1.82, 2.24) is 10.3 Å². The zero-order valence-corrected chi connectivity index (χ0v) is 13.9. The number of carbonyl (C=O) groups excluding carboxylic acids is 1. The third-order valence-electron chi connectivity index (χ3n) is 3.76. The molecule has 1 heterocycles. The van der Waals surface area contributed by atoms with E-state index in [2.05, 4.69) is 15.6 Å². The minimum Gasteiger partial charge on any atom is -0.353 e. The monoisotopic (exact) mass is 353 g/mol. The van der Waals surface area contributed by atoms with E-state index in [1.54, 1.807) is 42.5 Å². The van der Waals surface area contributed by atoms with E-state index < -0.39 is 0 Å². The molecule has 0 aliphatic heterocycles. The Hall–Kier alpha value is -3.28. The average Bonchev–Trinajstić information content (AvgIpc) is 2.65. The number of pyridine rings is 1. The molecule has 0 saturated heterocycles. The van der Waals surface area contributed by atoms with Crippen LogP contribution in [0.4, 0.5) is 20.2 Å². The van der Waals surface area contributed by atoms with Gasteiger partial charge in [0.2, 0.25) is 0 Å². The first kappa shape index (κ1) is 17.5. The second-order valence-electron chi connectivity index (χ2n) is 5.67. The highest BCUT2D eigenvalue weighted by Crippen LogP contribution is 2.19. The molecule has 1 amide bonds. The number of nitrogens with one attached hydrogen (secondary N) is 2. The molecular weight excluding hydrogens is 336 g/mol. The summed E-state index contributed by atoms with van der Waals surface area (Å²) in [6.45, 7) is 0.400. The number of halogens is 2. The molecule has 3 rings (SSSR count). The smallest absolute Gasteiger partial charge is 0.269 e. The molecule has 4 nitrogen and oxygen atoms in total. The van der Waals surface area contributed by atoms with Gasteiger partial charge in [-0.3, -0.25) is 9.78 Å². The van der Waals surface area contributed by atoms with Crippen molar-refractivity contribution in [3.63, 3.8) is 0 Å². The molecule has 3 aromatic rings. The maximum Gasteiger partial charge on any atom is 0.269 e. The molecule has 2 aromatic carbocycles. The summed E-state index contributed by atoms with van der Waals surface area (Å²) < 4.78 is 26.6. The van der Waals surface area contributed by atoms with E-state index in [1.165, 1.54) is 24.4 Å². The summed E-state index contributed by atoms with van der Waals surface area (Å²) in [6, 6.07) is 15.6. The molecule has 0 unspecified atom stereocenters. The van der Waals surface area contributed by atoms with Crippen LogP contribution in [0.25, 0.3) is 0 Å². The van der Waals surface area contributed by atoms with Crippen LogP contribution in [0, 0.1) is 11.6 Å². The first-order valence-electron chi connectivity index (χ1n) is 8.12. The van der Waals surface area contributed by atoms with Crippen LogP contribution in [0.2, 0.25) is 0 Å². The van der Waals surface area contributed by atoms with Gasteiger partial charge >= 0.3 is 0 Å². The highest BCUT2D eigenvalue weighted by atomic mass is 19.1. The van der Waals surface area contributed by atoms with Crippen molar-refractivity contribution in [2.45, 2.75) is 6.42 Å². The standard InChI is InChI=1S/C20H17F2N3O/c21-15-7-5-14(6-8-15)9-11-24-20(26)19-13-16(10-12-23-19)25-18-4-2-1-3-17(18)22/h1-8,10,12-13H,9,11H2,(H,23,25)(H,24,26). The molecule has 2 N–H and O–H groups in total. The summed E-state index contributed by atoms with van der Waals surface area (Å²) in [6.07, 6.45) is 2.07. The third-order valence-corrected chi connectivity index (χ3v) is 3.76. The summed E-state index contributed by atoms with van der Waals surface area (Å²) in [7, 11) is 0. The number of anilines is 2. The average molecular weight is 353 g/mol. The van der Waals surface area contributed by atoms with E-state index in [-0.39, 0.29) is 23.2 Å². The first-order valence-corrected chi connectivity index (χ1v) is 8.12. The van der Waals surface area contributed by atoms with Crippen LogP contribution >= 0.6 is 0 Å². The van der Waals surface area contributed by atoms with Crippen LogP contribution in [-0.4, -0.2) is 17.4 Å². The van der Waals surface area contributed by atoms with Gasteiger partial charge in [0.1, 0.15) is 17.3 Å². The summed E-state index contributed by atoms with van der Waals surface area (Å²) in [5.41, 5.74) is 2.04. The lowest BCUT2D eigenvalue weighted by atomic mass is 10.1. The Morgan fingerprint density at radius 3 is 2.54 bits per heavy atom. The molecule has 6 heteroatoms. The second kappa shape index (κ2) is 8.20. The Labute approximate surface area is 149 Å². The summed E-state index contributed by atoms with van der Waals surface area (Å²) in [4.78, 5) is 16.3. The Bertz CT molecular complexity index is 898. The van der Waals surface area contributed by atoms with Gasteiger partial charge in [-0.15, -0.1) is 0 Å². The van der Waals surface area contributed by atoms with Crippen molar-refractivity contribution in [3.8, 4) is 0 Å².